The van der Waals surface area contributed by atoms with Crippen LogP contribution >= 0.6 is 23.1 Å². The molecule has 0 bridgehead atoms. The summed E-state index contributed by atoms with van der Waals surface area (Å²) in [6.45, 7) is 8.37. The van der Waals surface area contributed by atoms with Crippen LogP contribution < -0.4 is 10.9 Å². The smallest absolute Gasteiger partial charge is 0.267 e. The molecule has 7 heteroatoms. The van der Waals surface area contributed by atoms with E-state index in [1.54, 1.807) is 15.9 Å². The largest absolute Gasteiger partial charge is 0.325 e. The van der Waals surface area contributed by atoms with Gasteiger partial charge < -0.3 is 5.32 Å². The lowest BCUT2D eigenvalue weighted by atomic mass is 10.0. The van der Waals surface area contributed by atoms with E-state index in [9.17, 15) is 9.59 Å². The van der Waals surface area contributed by atoms with E-state index in [0.29, 0.717) is 11.1 Å². The summed E-state index contributed by atoms with van der Waals surface area (Å²) in [5.41, 5.74) is 6.15. The van der Waals surface area contributed by atoms with Gasteiger partial charge in [-0.15, -0.1) is 11.3 Å². The normalized spacial score (nSPS) is 13.5. The molecule has 0 radical (unpaired) electrons. The average molecular weight is 532 g/mol. The number of thioether (sulfide) groups is 1. The summed E-state index contributed by atoms with van der Waals surface area (Å²) in [6, 6.07) is 14.1. The number of fused-ring (bicyclic) bond motifs is 3. The molecule has 2 aromatic carbocycles. The monoisotopic (exact) mass is 531 g/mol. The molecule has 37 heavy (non-hydrogen) atoms. The fraction of sp³-hybridized carbons (Fsp3) is 0.367. The number of anilines is 1. The van der Waals surface area contributed by atoms with Crippen LogP contribution in [0.3, 0.4) is 0 Å². The van der Waals surface area contributed by atoms with E-state index < -0.39 is 0 Å². The zero-order chi connectivity index (χ0) is 26.1. The van der Waals surface area contributed by atoms with E-state index in [0.717, 1.165) is 58.4 Å². The Balaban J connectivity index is 1.50. The molecule has 0 saturated carbocycles. The van der Waals surface area contributed by atoms with Gasteiger partial charge in [-0.1, -0.05) is 61.9 Å². The highest BCUT2D eigenvalue weighted by molar-refractivity contribution is 7.99. The third-order valence-corrected chi connectivity index (χ3v) is 9.12. The van der Waals surface area contributed by atoms with Crippen molar-refractivity contribution in [1.29, 1.82) is 0 Å². The Morgan fingerprint density at radius 3 is 2.57 bits per heavy atom. The van der Waals surface area contributed by atoms with Crippen LogP contribution in [0.4, 0.5) is 5.69 Å². The van der Waals surface area contributed by atoms with Gasteiger partial charge in [0.15, 0.2) is 5.16 Å². The minimum Gasteiger partial charge on any atom is -0.325 e. The second-order valence-corrected chi connectivity index (χ2v) is 12.2. The lowest BCUT2D eigenvalue weighted by Gasteiger charge is -2.15. The number of nitrogens with zero attached hydrogens (tertiary/aromatic N) is 2. The van der Waals surface area contributed by atoms with E-state index in [4.69, 9.17) is 4.98 Å². The Kier molecular flexibility index (Phi) is 7.54. The molecule has 1 aliphatic rings. The van der Waals surface area contributed by atoms with Crippen LogP contribution in [-0.4, -0.2) is 21.2 Å². The van der Waals surface area contributed by atoms with Gasteiger partial charge in [-0.25, -0.2) is 4.98 Å². The number of carbonyl (C=O) groups excluding carboxylic acids is 1. The van der Waals surface area contributed by atoms with Gasteiger partial charge in [-0.05, 0) is 80.3 Å². The molecule has 192 valence electrons. The number of benzene rings is 2. The Bertz CT molecular complexity index is 1520. The molecule has 0 atom stereocenters. The van der Waals surface area contributed by atoms with Gasteiger partial charge in [-0.3, -0.25) is 14.2 Å². The first-order valence-corrected chi connectivity index (χ1v) is 14.8. The molecule has 0 spiro atoms. The molecule has 0 aliphatic heterocycles. The van der Waals surface area contributed by atoms with Crippen molar-refractivity contribution < 1.29 is 4.79 Å². The first-order chi connectivity index (χ1) is 17.8. The summed E-state index contributed by atoms with van der Waals surface area (Å²) < 4.78 is 1.73. The van der Waals surface area contributed by atoms with Gasteiger partial charge in [0, 0.05) is 10.6 Å². The SMILES string of the molecule is Cc1ccc(-n2c(SCC(=O)Nc3ccc(C(C)C)cc3)nc3sc4c(c3c2=O)CCCCC4)c(C)c1. The molecule has 4 aromatic rings. The van der Waals surface area contributed by atoms with Crippen LogP contribution in [0.2, 0.25) is 0 Å². The molecule has 1 amide bonds. The number of rotatable bonds is 6. The molecule has 1 aliphatic carbocycles. The highest BCUT2D eigenvalue weighted by atomic mass is 32.2. The van der Waals surface area contributed by atoms with Crippen LogP contribution in [0, 0.1) is 13.8 Å². The van der Waals surface area contributed by atoms with E-state index in [-0.39, 0.29) is 17.2 Å². The van der Waals surface area contributed by atoms with E-state index in [1.165, 1.54) is 34.2 Å². The Hall–Kier alpha value is -2.90. The van der Waals surface area contributed by atoms with Crippen molar-refractivity contribution in [3.05, 3.63) is 79.9 Å². The highest BCUT2D eigenvalue weighted by Crippen LogP contribution is 2.35. The van der Waals surface area contributed by atoms with Crippen molar-refractivity contribution in [2.24, 2.45) is 0 Å². The summed E-state index contributed by atoms with van der Waals surface area (Å²) in [6.07, 6.45) is 5.41. The second-order valence-electron chi connectivity index (χ2n) is 10.2. The van der Waals surface area contributed by atoms with Gasteiger partial charge in [0.1, 0.15) is 4.83 Å². The van der Waals surface area contributed by atoms with Crippen molar-refractivity contribution in [1.82, 2.24) is 9.55 Å². The molecule has 0 fully saturated rings. The quantitative estimate of drug-likeness (QED) is 0.162. The maximum Gasteiger partial charge on any atom is 0.267 e. The Morgan fingerprint density at radius 1 is 1.08 bits per heavy atom. The molecule has 1 N–H and O–H groups in total. The van der Waals surface area contributed by atoms with Gasteiger partial charge in [0.25, 0.3) is 5.56 Å². The molecule has 5 rings (SSSR count). The molecule has 0 saturated heterocycles. The van der Waals surface area contributed by atoms with E-state index in [1.807, 2.05) is 50.2 Å². The number of nitrogens with one attached hydrogen (secondary N) is 1. The number of aryl methyl sites for hydroxylation is 4. The predicted molar refractivity (Wildman–Crippen MR) is 156 cm³/mol. The van der Waals surface area contributed by atoms with Gasteiger partial charge in [-0.2, -0.15) is 0 Å². The molecule has 2 heterocycles. The van der Waals surface area contributed by atoms with Crippen LogP contribution in [0.1, 0.15) is 66.2 Å². The maximum atomic E-state index is 14.1. The van der Waals surface area contributed by atoms with Crippen molar-refractivity contribution in [3.8, 4) is 5.69 Å². The number of amides is 1. The van der Waals surface area contributed by atoms with Crippen molar-refractivity contribution in [2.45, 2.75) is 70.9 Å². The number of hydrogen-bond acceptors (Lipinski definition) is 5. The van der Waals surface area contributed by atoms with Crippen molar-refractivity contribution in [2.75, 3.05) is 11.1 Å². The Labute approximate surface area is 226 Å². The topological polar surface area (TPSA) is 64.0 Å². The maximum absolute atomic E-state index is 14.1. The first-order valence-electron chi connectivity index (χ1n) is 13.0. The summed E-state index contributed by atoms with van der Waals surface area (Å²) in [7, 11) is 0. The van der Waals surface area contributed by atoms with Crippen LogP contribution in [-0.2, 0) is 17.6 Å². The number of aromatic nitrogens is 2. The van der Waals surface area contributed by atoms with Crippen LogP contribution in [0.5, 0.6) is 0 Å². The fourth-order valence-electron chi connectivity index (χ4n) is 5.01. The first kappa shape index (κ1) is 25.7. The third kappa shape index (κ3) is 5.39. The number of hydrogen-bond donors (Lipinski definition) is 1. The summed E-state index contributed by atoms with van der Waals surface area (Å²) in [5.74, 6) is 0.487. The van der Waals surface area contributed by atoms with Crippen molar-refractivity contribution >= 4 is 44.9 Å². The highest BCUT2D eigenvalue weighted by Gasteiger charge is 2.23. The molecule has 2 aromatic heterocycles. The second kappa shape index (κ2) is 10.8. The lowest BCUT2D eigenvalue weighted by molar-refractivity contribution is -0.113. The number of carbonyl (C=O) groups is 1. The van der Waals surface area contributed by atoms with Crippen molar-refractivity contribution in [3.63, 3.8) is 0 Å². The van der Waals surface area contributed by atoms with E-state index >= 15 is 0 Å². The van der Waals surface area contributed by atoms with Crippen LogP contribution in [0.15, 0.2) is 52.4 Å². The predicted octanol–water partition coefficient (Wildman–Crippen LogP) is 7.19. The minimum absolute atomic E-state index is 0.0245. The summed E-state index contributed by atoms with van der Waals surface area (Å²) in [5, 5.41) is 4.31. The number of thiophene rings is 1. The summed E-state index contributed by atoms with van der Waals surface area (Å²) >= 11 is 2.97. The molecule has 0 unspecified atom stereocenters. The molecular formula is C30H33N3O2S2. The van der Waals surface area contributed by atoms with Gasteiger partial charge in [0.2, 0.25) is 5.91 Å². The minimum atomic E-state index is -0.120. The zero-order valence-electron chi connectivity index (χ0n) is 21.9. The van der Waals surface area contributed by atoms with E-state index in [2.05, 4.69) is 25.2 Å². The lowest BCUT2D eigenvalue weighted by Crippen LogP contribution is -2.23. The van der Waals surface area contributed by atoms with Gasteiger partial charge in [0.05, 0.1) is 16.8 Å². The fourth-order valence-corrected chi connectivity index (χ4v) is 7.12. The molecular weight excluding hydrogens is 498 g/mol. The van der Waals surface area contributed by atoms with Gasteiger partial charge >= 0.3 is 0 Å². The zero-order valence-corrected chi connectivity index (χ0v) is 23.5. The average Bonchev–Trinajstić information content (AvgIpc) is 3.05. The van der Waals surface area contributed by atoms with Crippen LogP contribution in [0.25, 0.3) is 15.9 Å². The molecule has 5 nitrogen and oxygen atoms in total. The Morgan fingerprint density at radius 2 is 1.84 bits per heavy atom. The summed E-state index contributed by atoms with van der Waals surface area (Å²) in [4.78, 5) is 34.0. The standard InChI is InChI=1S/C30H33N3O2S2/c1-18(2)21-11-13-22(14-12-21)31-26(34)17-36-30-32-28-27(23-8-6-5-7-9-25(23)37-28)29(35)33(30)24-15-10-19(3)16-20(24)4/h10-16,18H,5-9,17H2,1-4H3,(H,31,34). The third-order valence-electron chi connectivity index (χ3n) is 6.99.